The van der Waals surface area contributed by atoms with Crippen LogP contribution in [0.15, 0.2) is 29.2 Å². The average Bonchev–Trinajstić information content (AvgIpc) is 3.32. The molecule has 0 aliphatic carbocycles. The molecular weight excluding hydrogens is 1080 g/mol. The number of aliphatic carboxylic acids is 7. The van der Waals surface area contributed by atoms with Crippen molar-refractivity contribution in [2.45, 2.75) is 237 Å². The summed E-state index contributed by atoms with van der Waals surface area (Å²) in [7, 11) is -8.69. The number of thiol groups is 1. The molecule has 0 heterocycles. The number of nitriles is 1. The Hall–Kier alpha value is -4.95. The highest BCUT2D eigenvalue weighted by Crippen LogP contribution is 2.14. The summed E-state index contributed by atoms with van der Waals surface area (Å²) in [6.07, 6.45) is 27.2. The van der Waals surface area contributed by atoms with Crippen LogP contribution < -0.4 is 0 Å². The molecule has 0 aromatic heterocycles. The molecule has 12 N–H and O–H groups in total. The zero-order valence-corrected chi connectivity index (χ0v) is 47.8. The van der Waals surface area contributed by atoms with Crippen LogP contribution in [-0.4, -0.2) is 130 Å². The van der Waals surface area contributed by atoms with Gasteiger partial charge in [-0.2, -0.15) is 22.1 Å². The van der Waals surface area contributed by atoms with Crippen LogP contribution in [0.4, 0.5) is 0 Å². The second-order valence-electron chi connectivity index (χ2n) is 16.9. The van der Waals surface area contributed by atoms with Gasteiger partial charge in [-0.25, -0.2) is 9.59 Å². The normalized spacial score (nSPS) is 10.8. The minimum Gasteiger partial charge on any atom is -0.481 e. The van der Waals surface area contributed by atoms with Gasteiger partial charge in [0.15, 0.2) is 12.2 Å². The number of thiocyanates is 1. The lowest BCUT2D eigenvalue weighted by Gasteiger charge is -2.07. The summed E-state index contributed by atoms with van der Waals surface area (Å²) in [6, 6.07) is 5.99. The fraction of sp³-hybridized carbons (Fsp3) is 0.720. The summed E-state index contributed by atoms with van der Waals surface area (Å²) < 4.78 is 61.1. The molecule has 0 aliphatic rings. The Kier molecular flexibility index (Phi) is 69.1. The zero-order valence-electron chi connectivity index (χ0n) is 45.2. The first-order chi connectivity index (χ1) is 35.8. The Labute approximate surface area is 461 Å². The van der Waals surface area contributed by atoms with Crippen LogP contribution in [0.5, 0.6) is 0 Å². The maximum atomic E-state index is 10.5. The van der Waals surface area contributed by atoms with Gasteiger partial charge in [0.1, 0.15) is 5.40 Å². The van der Waals surface area contributed by atoms with Crippen molar-refractivity contribution in [3.63, 3.8) is 0 Å². The topological polar surface area (TPSA) is 454 Å². The van der Waals surface area contributed by atoms with Gasteiger partial charge in [0.25, 0.3) is 10.1 Å². The summed E-state index contributed by atoms with van der Waals surface area (Å²) in [6.45, 7) is 8.30. The molecule has 0 amide bonds. The van der Waals surface area contributed by atoms with E-state index < -0.39 is 74.5 Å². The molecule has 0 radical (unpaired) electrons. The highest BCUT2D eigenvalue weighted by atomic mass is 32.3. The number of hydrogen-bond donors (Lipinski definition) is 13. The van der Waals surface area contributed by atoms with Crippen LogP contribution in [0.1, 0.15) is 219 Å². The van der Waals surface area contributed by atoms with E-state index in [9.17, 15) is 42.0 Å². The number of nitrogens with zero attached hydrogens (tertiary/aromatic N) is 1. The molecule has 0 saturated carbocycles. The van der Waals surface area contributed by atoms with E-state index in [1.807, 2.05) is 13.8 Å². The fourth-order valence-electron chi connectivity index (χ4n) is 5.58. The van der Waals surface area contributed by atoms with E-state index in [1.54, 1.807) is 12.1 Å². The molecule has 1 aromatic carbocycles. The molecule has 2 atom stereocenters. The lowest BCUT2D eigenvalue weighted by molar-refractivity contribution is -0.165. The van der Waals surface area contributed by atoms with Crippen LogP contribution in [0.25, 0.3) is 0 Å². The molecule has 2 unspecified atom stereocenters. The van der Waals surface area contributed by atoms with Crippen LogP contribution in [0.3, 0.4) is 0 Å². The van der Waals surface area contributed by atoms with E-state index in [0.29, 0.717) is 19.3 Å². The second kappa shape index (κ2) is 61.9. The lowest BCUT2D eigenvalue weighted by Crippen LogP contribution is -2.39. The third-order valence-electron chi connectivity index (χ3n) is 9.66. The van der Waals surface area contributed by atoms with Crippen molar-refractivity contribution in [1.29, 1.82) is 5.26 Å². The fourth-order valence-corrected chi connectivity index (χ4v) is 6.06. The van der Waals surface area contributed by atoms with E-state index in [0.717, 1.165) is 44.1 Å². The van der Waals surface area contributed by atoms with E-state index in [1.165, 1.54) is 140 Å². The second-order valence-corrected chi connectivity index (χ2v) is 19.4. The first-order valence-corrected chi connectivity index (χ1v) is 28.8. The van der Waals surface area contributed by atoms with Gasteiger partial charge >= 0.3 is 52.2 Å². The van der Waals surface area contributed by atoms with E-state index >= 15 is 0 Å². The highest BCUT2D eigenvalue weighted by molar-refractivity contribution is 7.85. The monoisotopic (exact) mass is 1170 g/mol. The van der Waals surface area contributed by atoms with E-state index in [-0.39, 0.29) is 17.7 Å². The van der Waals surface area contributed by atoms with Gasteiger partial charge in [-0.1, -0.05) is 192 Å². The third-order valence-corrected chi connectivity index (χ3v) is 10.5. The Bertz CT molecular complexity index is 1850. The van der Waals surface area contributed by atoms with Crippen molar-refractivity contribution < 1.29 is 110 Å². The van der Waals surface area contributed by atoms with Gasteiger partial charge in [-0.3, -0.25) is 37.6 Å². The van der Waals surface area contributed by atoms with Gasteiger partial charge in [-0.15, -0.1) is 0 Å². The summed E-state index contributed by atoms with van der Waals surface area (Å²) in [5.41, 5.74) is 0.956. The number of carboxylic acid groups (broad SMARTS) is 7. The van der Waals surface area contributed by atoms with Crippen LogP contribution in [0, 0.1) is 17.6 Å². The van der Waals surface area contributed by atoms with Crippen molar-refractivity contribution in [1.82, 2.24) is 0 Å². The predicted molar refractivity (Wildman–Crippen MR) is 291 cm³/mol. The smallest absolute Gasteiger partial charge is 0.394 e. The number of aliphatic hydroxyl groups is 2. The Morgan fingerprint density at radius 3 is 0.792 bits per heavy atom. The number of unbranched alkanes of at least 4 members (excludes halogenated alkanes) is 22. The van der Waals surface area contributed by atoms with Crippen LogP contribution in [-0.2, 0) is 54.1 Å². The molecule has 1 rings (SSSR count). The molecule has 0 spiro atoms. The average molecular weight is 1170 g/mol. The van der Waals surface area contributed by atoms with Gasteiger partial charge < -0.3 is 46.0 Å². The van der Waals surface area contributed by atoms with Gasteiger partial charge in [-0.05, 0) is 38.3 Å². The van der Waals surface area contributed by atoms with Crippen LogP contribution in [0.2, 0.25) is 0 Å². The number of carboxylic acids is 7. The Balaban J connectivity index is -0.000000153. The quantitative estimate of drug-likeness (QED) is 0.0130. The minimum atomic E-state index is -4.67. The van der Waals surface area contributed by atoms with Crippen molar-refractivity contribution in [3.8, 4) is 5.40 Å². The highest BCUT2D eigenvalue weighted by Gasteiger charge is 2.29. The van der Waals surface area contributed by atoms with Gasteiger partial charge in [0, 0.05) is 19.3 Å². The van der Waals surface area contributed by atoms with Crippen molar-refractivity contribution in [3.05, 3.63) is 29.8 Å². The largest absolute Gasteiger partial charge is 0.481 e. The van der Waals surface area contributed by atoms with Crippen molar-refractivity contribution >= 4 is 74.9 Å². The number of rotatable bonds is 35. The molecular formula is C50H91NO23S3. The summed E-state index contributed by atoms with van der Waals surface area (Å²) in [5, 5.41) is 81.9. The molecule has 77 heavy (non-hydrogen) atoms. The zero-order chi connectivity index (χ0) is 61.1. The molecule has 0 aliphatic heterocycles. The number of hydrogen-bond acceptors (Lipinski definition) is 15. The molecule has 452 valence electrons. The Morgan fingerprint density at radius 2 is 0.623 bits per heavy atom. The summed E-state index contributed by atoms with van der Waals surface area (Å²) in [5.74, 6) is -7.70. The van der Waals surface area contributed by atoms with E-state index in [2.05, 4.69) is 26.5 Å². The molecule has 27 heteroatoms. The maximum Gasteiger partial charge on any atom is 0.394 e. The first-order valence-electron chi connectivity index (χ1n) is 25.5. The van der Waals surface area contributed by atoms with Crippen LogP contribution >= 0.6 is 12.6 Å². The number of aryl methyl sites for hydroxylation is 1. The molecule has 24 nitrogen and oxygen atoms in total. The lowest BCUT2D eigenvalue weighted by atomic mass is 10.0. The Morgan fingerprint density at radius 1 is 0.429 bits per heavy atom. The summed E-state index contributed by atoms with van der Waals surface area (Å²) >= 11 is 3.09. The first kappa shape index (κ1) is 86.0. The SMILES string of the molecule is CCCCC(=O)O.CCCCCCCCCCC(=O)O.CCCCCCCCCCCCCCCCCC(=O)O.Cc1ccc(S(=O)(=O)O)cc1.N#CS.O=C(O)C(O)C(O)C(=O)O.O=C(O)CCC(=O)O.O=S(=O)(O)O. The standard InChI is InChI=1S/C18H36O2.C11H22O2.C7H8O3S.C5H10O2.C4H6O6.C4H6O4.CHNS.H2O4S/c1-2-3-4-5-6-7-8-9-10-11-12-13-14-15-16-17-18(19)20;1-2-3-4-5-6-7-8-9-10-11(12)13;1-6-2-4-7(5-3-6)11(8,9)10;1-2-3-4-5(6)7;5-1(3(7)8)2(6)4(9)10;5-3(6)1-2-4(7)8;2-1-3;1-5(2,3)4/h2-17H2,1H3,(H,19,20);2-10H2,1H3,(H,12,13);2-5H,1H3,(H,8,9,10);2-4H2,1H3,(H,6,7);1-2,5-6H,(H,7,8)(H,9,10);1-2H2,(H,5,6)(H,7,8);3H;(H2,1,2,3,4). The van der Waals surface area contributed by atoms with E-state index in [4.69, 9.17) is 73.3 Å². The van der Waals surface area contributed by atoms with Gasteiger partial charge in [0.05, 0.1) is 17.7 Å². The number of carbonyl (C=O) groups is 7. The maximum absolute atomic E-state index is 10.5. The van der Waals surface area contributed by atoms with Gasteiger partial charge in [0.2, 0.25) is 0 Å². The molecule has 0 saturated heterocycles. The molecule has 0 fully saturated rings. The molecule has 0 bridgehead atoms. The van der Waals surface area contributed by atoms with Crippen molar-refractivity contribution in [2.75, 3.05) is 0 Å². The molecule has 1 aromatic rings. The minimum absolute atomic E-state index is 0.0666. The van der Waals surface area contributed by atoms with Crippen molar-refractivity contribution in [2.24, 2.45) is 0 Å². The number of aliphatic hydroxyl groups excluding tert-OH is 2. The summed E-state index contributed by atoms with van der Waals surface area (Å²) in [4.78, 5) is 69.0. The number of benzene rings is 1. The predicted octanol–water partition coefficient (Wildman–Crippen LogP) is 9.99. The third kappa shape index (κ3) is 97.2.